The number of ether oxygens (including phenoxy) is 1. The average Bonchev–Trinajstić information content (AvgIpc) is 3.27. The summed E-state index contributed by atoms with van der Waals surface area (Å²) >= 11 is 7.29. The molecule has 3 aromatic rings. The van der Waals surface area contributed by atoms with Crippen LogP contribution in [0.3, 0.4) is 0 Å². The molecule has 7 nitrogen and oxygen atoms in total. The van der Waals surface area contributed by atoms with Crippen LogP contribution in [0.4, 0.5) is 5.69 Å². The monoisotopic (exact) mass is 441 g/mol. The molecule has 0 saturated carbocycles. The molecule has 9 heteroatoms. The minimum absolute atomic E-state index is 0.380. The van der Waals surface area contributed by atoms with E-state index in [1.807, 2.05) is 0 Å². The number of carbonyl (C=O) groups is 3. The third kappa shape index (κ3) is 5.53. The first-order valence-electron chi connectivity index (χ1n) is 8.69. The smallest absolute Gasteiger partial charge is 0.353 e. The summed E-state index contributed by atoms with van der Waals surface area (Å²) in [7, 11) is 0. The first kappa shape index (κ1) is 21.2. The van der Waals surface area contributed by atoms with Gasteiger partial charge in [0.2, 0.25) is 0 Å². The first-order chi connectivity index (χ1) is 14.4. The number of halogens is 1. The Morgan fingerprint density at radius 2 is 1.80 bits per heavy atom. The van der Waals surface area contributed by atoms with Crippen molar-refractivity contribution in [2.75, 3.05) is 5.32 Å². The van der Waals surface area contributed by atoms with E-state index >= 15 is 0 Å². The number of hydrazone groups is 1. The lowest BCUT2D eigenvalue weighted by molar-refractivity contribution is -0.136. The van der Waals surface area contributed by atoms with Gasteiger partial charge in [0.05, 0.1) is 6.21 Å². The van der Waals surface area contributed by atoms with Gasteiger partial charge in [0.15, 0.2) is 0 Å². The minimum Gasteiger partial charge on any atom is -0.422 e. The van der Waals surface area contributed by atoms with Crippen LogP contribution >= 0.6 is 22.9 Å². The Kier molecular flexibility index (Phi) is 6.95. The van der Waals surface area contributed by atoms with Crippen LogP contribution in [0.15, 0.2) is 65.1 Å². The Bertz CT molecular complexity index is 1100. The number of nitrogens with zero attached hydrogens (tertiary/aromatic N) is 1. The first-order valence-corrected chi connectivity index (χ1v) is 9.95. The van der Waals surface area contributed by atoms with Gasteiger partial charge in [-0.1, -0.05) is 23.7 Å². The maximum absolute atomic E-state index is 12.0. The molecule has 0 unspecified atom stereocenters. The fourth-order valence-corrected chi connectivity index (χ4v) is 3.09. The van der Waals surface area contributed by atoms with Crippen LogP contribution in [0.2, 0.25) is 5.02 Å². The second-order valence-corrected chi connectivity index (χ2v) is 7.36. The van der Waals surface area contributed by atoms with Crippen LogP contribution in [0, 0.1) is 6.92 Å². The molecule has 3 rings (SSSR count). The summed E-state index contributed by atoms with van der Waals surface area (Å²) < 4.78 is 5.26. The molecule has 2 N–H and O–H groups in total. The zero-order valence-corrected chi connectivity index (χ0v) is 17.3. The summed E-state index contributed by atoms with van der Waals surface area (Å²) in [5, 5.41) is 8.51. The molecular weight excluding hydrogens is 426 g/mol. The van der Waals surface area contributed by atoms with Gasteiger partial charge in [-0.2, -0.15) is 5.10 Å². The molecule has 1 heterocycles. The SMILES string of the molecule is Cc1c(Cl)cccc1NC(=O)C(=O)N/N=C/c1ccc(OC(=O)c2cccs2)cc1. The predicted molar refractivity (Wildman–Crippen MR) is 116 cm³/mol. The van der Waals surface area contributed by atoms with E-state index in [4.69, 9.17) is 16.3 Å². The van der Waals surface area contributed by atoms with Crippen LogP contribution in [-0.2, 0) is 9.59 Å². The lowest BCUT2D eigenvalue weighted by atomic mass is 10.2. The predicted octanol–water partition coefficient (Wildman–Crippen LogP) is 4.02. The van der Waals surface area contributed by atoms with Crippen LogP contribution in [-0.4, -0.2) is 24.0 Å². The summed E-state index contributed by atoms with van der Waals surface area (Å²) in [6, 6.07) is 15.0. The number of nitrogens with one attached hydrogen (secondary N) is 2. The lowest BCUT2D eigenvalue weighted by Crippen LogP contribution is -2.32. The molecular formula is C21H16ClN3O4S. The highest BCUT2D eigenvalue weighted by Crippen LogP contribution is 2.22. The molecule has 1 aromatic heterocycles. The molecule has 0 aliphatic heterocycles. The largest absolute Gasteiger partial charge is 0.422 e. The summed E-state index contributed by atoms with van der Waals surface area (Å²) in [5.74, 6) is -1.84. The highest BCUT2D eigenvalue weighted by molar-refractivity contribution is 7.12. The van der Waals surface area contributed by atoms with Crippen molar-refractivity contribution in [3.05, 3.63) is 81.0 Å². The Morgan fingerprint density at radius 1 is 1.03 bits per heavy atom. The van der Waals surface area contributed by atoms with E-state index in [1.165, 1.54) is 17.6 Å². The van der Waals surface area contributed by atoms with Gasteiger partial charge in [-0.05, 0) is 65.9 Å². The fraction of sp³-hybridized carbons (Fsp3) is 0.0476. The quantitative estimate of drug-likeness (QED) is 0.205. The average molecular weight is 442 g/mol. The van der Waals surface area contributed by atoms with Gasteiger partial charge in [0, 0.05) is 10.7 Å². The zero-order valence-electron chi connectivity index (χ0n) is 15.7. The van der Waals surface area contributed by atoms with E-state index in [-0.39, 0.29) is 0 Å². The van der Waals surface area contributed by atoms with Crippen molar-refractivity contribution < 1.29 is 19.1 Å². The Labute approximate surface area is 181 Å². The van der Waals surface area contributed by atoms with Crippen molar-refractivity contribution in [3.8, 4) is 5.75 Å². The van der Waals surface area contributed by atoms with E-state index in [0.717, 1.165) is 0 Å². The molecule has 0 bridgehead atoms. The molecule has 0 spiro atoms. The van der Waals surface area contributed by atoms with E-state index < -0.39 is 17.8 Å². The zero-order chi connectivity index (χ0) is 21.5. The van der Waals surface area contributed by atoms with Gasteiger partial charge < -0.3 is 10.1 Å². The Hall–Kier alpha value is -3.49. The summed E-state index contributed by atoms with van der Waals surface area (Å²) in [6.07, 6.45) is 1.36. The van der Waals surface area contributed by atoms with Gasteiger partial charge in [0.25, 0.3) is 0 Å². The maximum atomic E-state index is 12.0. The third-order valence-electron chi connectivity index (χ3n) is 3.91. The summed E-state index contributed by atoms with van der Waals surface area (Å²) in [5.41, 5.74) is 3.89. The van der Waals surface area contributed by atoms with Gasteiger partial charge in [-0.3, -0.25) is 9.59 Å². The molecule has 152 valence electrons. The standard InChI is InChI=1S/C21H16ClN3O4S/c1-13-16(22)4-2-5-17(13)24-19(26)20(27)25-23-12-14-7-9-15(10-8-14)29-21(28)18-6-3-11-30-18/h2-12H,1H3,(H,24,26)(H,25,27)/b23-12+. The number of hydrogen-bond acceptors (Lipinski definition) is 6. The molecule has 0 saturated heterocycles. The second-order valence-electron chi connectivity index (χ2n) is 6.00. The molecule has 0 atom stereocenters. The second kappa shape index (κ2) is 9.82. The molecule has 0 radical (unpaired) electrons. The van der Waals surface area contributed by atoms with Crippen molar-refractivity contribution in [3.63, 3.8) is 0 Å². The van der Waals surface area contributed by atoms with Crippen molar-refractivity contribution in [1.29, 1.82) is 0 Å². The number of benzene rings is 2. The van der Waals surface area contributed by atoms with E-state index in [9.17, 15) is 14.4 Å². The molecule has 0 aliphatic rings. The summed E-state index contributed by atoms with van der Waals surface area (Å²) in [4.78, 5) is 36.3. The third-order valence-corrected chi connectivity index (χ3v) is 5.17. The number of amides is 2. The van der Waals surface area contributed by atoms with Gasteiger partial charge >= 0.3 is 17.8 Å². The maximum Gasteiger partial charge on any atom is 0.353 e. The topological polar surface area (TPSA) is 96.9 Å². The van der Waals surface area contributed by atoms with Crippen molar-refractivity contribution in [2.24, 2.45) is 5.10 Å². The van der Waals surface area contributed by atoms with Crippen LogP contribution < -0.4 is 15.5 Å². The number of thiophene rings is 1. The molecule has 0 aliphatic carbocycles. The van der Waals surface area contributed by atoms with E-state index in [2.05, 4.69) is 15.8 Å². The van der Waals surface area contributed by atoms with Crippen LogP contribution in [0.1, 0.15) is 20.8 Å². The van der Waals surface area contributed by atoms with Crippen molar-refractivity contribution >= 4 is 52.6 Å². The molecule has 2 aromatic carbocycles. The molecule has 30 heavy (non-hydrogen) atoms. The lowest BCUT2D eigenvalue weighted by Gasteiger charge is -2.08. The number of hydrogen-bond donors (Lipinski definition) is 2. The van der Waals surface area contributed by atoms with Crippen LogP contribution in [0.25, 0.3) is 0 Å². The molecule has 0 fully saturated rings. The van der Waals surface area contributed by atoms with Crippen LogP contribution in [0.5, 0.6) is 5.75 Å². The van der Waals surface area contributed by atoms with Gasteiger partial charge in [-0.15, -0.1) is 11.3 Å². The number of rotatable bonds is 5. The number of esters is 1. The number of carbonyl (C=O) groups excluding carboxylic acids is 3. The number of anilines is 1. The van der Waals surface area contributed by atoms with Crippen molar-refractivity contribution in [1.82, 2.24) is 5.43 Å². The summed E-state index contributed by atoms with van der Waals surface area (Å²) in [6.45, 7) is 1.73. The Morgan fingerprint density at radius 3 is 2.50 bits per heavy atom. The highest BCUT2D eigenvalue weighted by atomic mass is 35.5. The Balaban J connectivity index is 1.52. The fourth-order valence-electron chi connectivity index (χ4n) is 2.31. The van der Waals surface area contributed by atoms with Gasteiger partial charge in [-0.25, -0.2) is 10.2 Å². The molecule has 2 amide bonds. The minimum atomic E-state index is -0.924. The van der Waals surface area contributed by atoms with Gasteiger partial charge in [0.1, 0.15) is 10.6 Å². The van der Waals surface area contributed by atoms with E-state index in [0.29, 0.717) is 32.5 Å². The van der Waals surface area contributed by atoms with E-state index in [1.54, 1.807) is 66.9 Å². The van der Waals surface area contributed by atoms with Crippen molar-refractivity contribution in [2.45, 2.75) is 6.92 Å². The normalized spacial score (nSPS) is 10.6. The highest BCUT2D eigenvalue weighted by Gasteiger charge is 2.14.